The molecule has 0 unspecified atom stereocenters. The molecule has 0 saturated heterocycles. The number of aromatic nitrogens is 18. The molecule has 0 aliphatic heterocycles. The van der Waals surface area contributed by atoms with Crippen LogP contribution in [-0.2, 0) is 70.5 Å². The van der Waals surface area contributed by atoms with Gasteiger partial charge in [-0.25, -0.2) is 45.6 Å². The van der Waals surface area contributed by atoms with E-state index in [1.165, 1.54) is 24.3 Å². The number of fused-ring (bicyclic) bond motifs is 4. The number of rotatable bonds is 20. The number of anilines is 4. The molecule has 112 heavy (non-hydrogen) atoms. The molecule has 8 N–H and O–H groups in total. The van der Waals surface area contributed by atoms with Gasteiger partial charge in [0.05, 0.1) is 29.9 Å². The van der Waals surface area contributed by atoms with Gasteiger partial charge in [-0.05, 0) is 140 Å². The van der Waals surface area contributed by atoms with Gasteiger partial charge >= 0.3 is 0 Å². The molecule has 560 valence electrons. The van der Waals surface area contributed by atoms with E-state index in [-0.39, 0.29) is 97.8 Å². The number of Topliss-reactive ketones (excluding diaryl/α,β-unsaturated/α-hetero) is 4. The molecule has 0 fully saturated rings. The largest absolute Gasteiger partial charge is 0.380 e. The van der Waals surface area contributed by atoms with Crippen molar-refractivity contribution in [3.05, 3.63) is 298 Å². The lowest BCUT2D eigenvalue weighted by atomic mass is 10.0. The van der Waals surface area contributed by atoms with Crippen LogP contribution in [0.2, 0.25) is 0 Å². The average molecular weight is 1500 g/mol. The summed E-state index contributed by atoms with van der Waals surface area (Å²) >= 11 is 0. The number of ketones is 4. The summed E-state index contributed by atoms with van der Waals surface area (Å²) in [6, 6.07) is 44.8. The molecule has 0 amide bonds. The lowest BCUT2D eigenvalue weighted by Gasteiger charge is -2.07. The number of aryl methyl sites for hydroxylation is 4. The number of carbonyl (C=O) groups excluding carboxylic acids is 4. The Morgan fingerprint density at radius 3 is 1.07 bits per heavy atom. The molecule has 12 heterocycles. The highest BCUT2D eigenvalue weighted by Gasteiger charge is 2.20. The lowest BCUT2D eigenvalue weighted by Crippen LogP contribution is -2.10. The summed E-state index contributed by atoms with van der Waals surface area (Å²) in [4.78, 5) is 66.7. The van der Waals surface area contributed by atoms with Crippen molar-refractivity contribution in [2.75, 3.05) is 22.9 Å². The van der Waals surface area contributed by atoms with Gasteiger partial charge in [0.15, 0.2) is 23.3 Å². The zero-order chi connectivity index (χ0) is 78.7. The van der Waals surface area contributed by atoms with Gasteiger partial charge in [-0.3, -0.25) is 29.1 Å². The number of nitrogens with two attached hydrogens (primary N) is 4. The molecule has 26 nitrogen and oxygen atoms in total. The van der Waals surface area contributed by atoms with Gasteiger partial charge < -0.3 is 22.9 Å². The summed E-state index contributed by atoms with van der Waals surface area (Å²) in [7, 11) is 0. The molecule has 0 radical (unpaired) electrons. The molecule has 0 atom stereocenters. The van der Waals surface area contributed by atoms with E-state index in [1.54, 1.807) is 134 Å². The molecule has 16 rings (SSSR count). The average Bonchev–Trinajstić information content (AvgIpc) is 1.65. The van der Waals surface area contributed by atoms with Crippen molar-refractivity contribution < 1.29 is 36.7 Å². The second-order valence-corrected chi connectivity index (χ2v) is 26.6. The molecule has 4 aromatic carbocycles. The van der Waals surface area contributed by atoms with Crippen molar-refractivity contribution in [3.8, 4) is 44.8 Å². The van der Waals surface area contributed by atoms with Crippen LogP contribution in [0.5, 0.6) is 0 Å². The molecule has 0 spiro atoms. The van der Waals surface area contributed by atoms with Crippen molar-refractivity contribution in [1.82, 2.24) is 89.4 Å². The van der Waals surface area contributed by atoms with Crippen molar-refractivity contribution in [1.29, 1.82) is 0 Å². The fraction of sp³-hybridized carbons (Fsp3) is 0.146. The first-order valence-corrected chi connectivity index (χ1v) is 35.0. The van der Waals surface area contributed by atoms with Crippen LogP contribution in [0.3, 0.4) is 0 Å². The SMILES string of the molecule is Cc1ccc(F)c(CC(=O)Cc2ccc(-c3cccn4nnc(N)c34)cn2)c1.Cc1ccc(F)c(CC(=O)Cc2ccc(-c3cccn4nnc(N)c34)nc2)c1.Cc1ccc(F)c(CC(=O)Cc2ccc(-c3cccn4nnc(N)c34)nn2)c1.Cc1ccc(F)c(CC(=O)Cc2ncc(-c3cccn4nnc(N)c34)cn2)c1. The van der Waals surface area contributed by atoms with Gasteiger partial charge in [0.25, 0.3) is 0 Å². The Bertz CT molecular complexity index is 5420. The van der Waals surface area contributed by atoms with Crippen LogP contribution in [0.15, 0.2) is 207 Å². The van der Waals surface area contributed by atoms with Gasteiger partial charge in [0.2, 0.25) is 0 Å². The van der Waals surface area contributed by atoms with Crippen molar-refractivity contribution in [3.63, 3.8) is 0 Å². The quantitative estimate of drug-likeness (QED) is 0.0515. The number of nitrogen functional groups attached to an aromatic ring is 4. The van der Waals surface area contributed by atoms with Crippen LogP contribution >= 0.6 is 0 Å². The molecule has 0 aliphatic carbocycles. The Balaban J connectivity index is 0.000000131. The summed E-state index contributed by atoms with van der Waals surface area (Å²) in [6.45, 7) is 7.47. The van der Waals surface area contributed by atoms with Crippen LogP contribution in [0, 0.1) is 51.0 Å². The van der Waals surface area contributed by atoms with Crippen molar-refractivity contribution in [2.45, 2.75) is 79.1 Å². The molecular formula is C82H70F4N22O4. The first-order chi connectivity index (χ1) is 54.0. The third kappa shape index (κ3) is 18.0. The highest BCUT2D eigenvalue weighted by atomic mass is 19.1. The Morgan fingerprint density at radius 2 is 0.679 bits per heavy atom. The van der Waals surface area contributed by atoms with E-state index < -0.39 is 0 Å². The number of hydrogen-bond acceptors (Lipinski definition) is 22. The van der Waals surface area contributed by atoms with Gasteiger partial charge in [-0.15, -0.1) is 20.4 Å². The molecule has 0 bridgehead atoms. The number of nitrogens with zero attached hydrogens (tertiary/aromatic N) is 18. The highest BCUT2D eigenvalue weighted by Crippen LogP contribution is 2.31. The van der Waals surface area contributed by atoms with E-state index in [0.717, 1.165) is 61.2 Å². The minimum atomic E-state index is -0.379. The Kier molecular flexibility index (Phi) is 22.8. The number of benzene rings is 4. The number of halogens is 4. The second-order valence-electron chi connectivity index (χ2n) is 26.6. The predicted molar refractivity (Wildman–Crippen MR) is 412 cm³/mol. The maximum Gasteiger partial charge on any atom is 0.174 e. The van der Waals surface area contributed by atoms with Crippen LogP contribution in [-0.4, -0.2) is 113 Å². The fourth-order valence-corrected chi connectivity index (χ4v) is 12.6. The van der Waals surface area contributed by atoms with E-state index in [0.29, 0.717) is 96.2 Å². The Labute approximate surface area is 636 Å². The third-order valence-electron chi connectivity index (χ3n) is 18.0. The first kappa shape index (κ1) is 75.6. The van der Waals surface area contributed by atoms with Crippen molar-refractivity contribution >= 4 is 68.5 Å². The summed E-state index contributed by atoms with van der Waals surface area (Å²) in [5, 5.41) is 39.6. The normalized spacial score (nSPS) is 11.1. The van der Waals surface area contributed by atoms with E-state index in [1.807, 2.05) is 94.4 Å². The van der Waals surface area contributed by atoms with Gasteiger partial charge in [0.1, 0.15) is 74.3 Å². The van der Waals surface area contributed by atoms with Crippen LogP contribution in [0.25, 0.3) is 66.8 Å². The Morgan fingerprint density at radius 1 is 0.321 bits per heavy atom. The Hall–Kier alpha value is -14.6. The zero-order valence-corrected chi connectivity index (χ0v) is 60.8. The van der Waals surface area contributed by atoms with Gasteiger partial charge in [-0.1, -0.05) is 116 Å². The number of carbonyl (C=O) groups is 4. The molecule has 12 aromatic heterocycles. The molecule has 30 heteroatoms. The summed E-state index contributed by atoms with van der Waals surface area (Å²) in [5.41, 5.74) is 39.6. The number of pyridine rings is 6. The highest BCUT2D eigenvalue weighted by molar-refractivity contribution is 5.90. The summed E-state index contributed by atoms with van der Waals surface area (Å²) in [6.07, 6.45) is 14.2. The summed E-state index contributed by atoms with van der Waals surface area (Å²) in [5.74, 6) is -0.222. The van der Waals surface area contributed by atoms with Crippen LogP contribution in [0.1, 0.15) is 67.3 Å². The van der Waals surface area contributed by atoms with E-state index in [9.17, 15) is 36.7 Å². The monoisotopic (exact) mass is 1500 g/mol. The van der Waals surface area contributed by atoms with Crippen molar-refractivity contribution in [2.24, 2.45) is 0 Å². The fourth-order valence-electron chi connectivity index (χ4n) is 12.6. The maximum absolute atomic E-state index is 13.9. The van der Waals surface area contributed by atoms with E-state index in [2.05, 4.69) is 71.4 Å². The minimum Gasteiger partial charge on any atom is -0.380 e. The van der Waals surface area contributed by atoms with Crippen LogP contribution < -0.4 is 22.9 Å². The predicted octanol–water partition coefficient (Wildman–Crippen LogP) is 11.5. The lowest BCUT2D eigenvalue weighted by molar-refractivity contribution is -0.118. The standard InChI is InChI=1S/2C21H18FN5O.2C20H17FN6O/c1-13-4-7-19(22)15(9-13)10-17(28)11-16-6-5-14(12-24-16)18-3-2-8-27-20(18)21(23)25-26-27;1-13-4-6-18(22)15(9-13)11-16(28)10-14-5-7-19(24-12-14)17-3-2-8-27-20(17)21(23)25-26-27;1-12-4-6-17(21)13(9-12)10-15(28)11-14-5-7-18(24-23-14)16-3-2-8-27-19(16)20(22)25-26-27;1-12-4-5-17(21)13(7-12)8-15(28)9-18-23-10-14(11-24-18)16-3-2-6-27-19(16)20(22)25-26-27/h2*2-9,12H,10-11,23H2,1H3;2-9H,10-11,22H2,1H3;2-7,10-11H,8-9,22H2,1H3. The topological polar surface area (TPSA) is 370 Å². The maximum atomic E-state index is 13.9. The molecule has 0 saturated carbocycles. The third-order valence-corrected chi connectivity index (χ3v) is 18.0. The smallest absolute Gasteiger partial charge is 0.174 e. The van der Waals surface area contributed by atoms with Crippen LogP contribution in [0.4, 0.5) is 40.8 Å². The summed E-state index contributed by atoms with van der Waals surface area (Å²) < 4.78 is 61.7. The minimum absolute atomic E-state index is 0.00988. The molecule has 16 aromatic rings. The van der Waals surface area contributed by atoms with Gasteiger partial charge in [-0.2, -0.15) is 10.2 Å². The number of hydrogen-bond donors (Lipinski definition) is 4. The first-order valence-electron chi connectivity index (χ1n) is 35.0. The van der Waals surface area contributed by atoms with E-state index >= 15 is 0 Å². The van der Waals surface area contributed by atoms with Gasteiger partial charge in [0, 0.05) is 127 Å². The zero-order valence-electron chi connectivity index (χ0n) is 60.8. The molecule has 0 aliphatic rings. The van der Waals surface area contributed by atoms with E-state index in [4.69, 9.17) is 22.9 Å². The second kappa shape index (κ2) is 33.7. The molecular weight excluding hydrogens is 1430 g/mol.